The maximum absolute atomic E-state index is 12.2. The first kappa shape index (κ1) is 18.0. The summed E-state index contributed by atoms with van der Waals surface area (Å²) in [6, 6.07) is 13.2. The molecule has 2 aromatic carbocycles. The van der Waals surface area contributed by atoms with Crippen LogP contribution in [0.15, 0.2) is 47.5 Å². The molecular weight excluding hydrogens is 322 g/mol. The van der Waals surface area contributed by atoms with Crippen molar-refractivity contribution in [3.05, 3.63) is 53.1 Å². The summed E-state index contributed by atoms with van der Waals surface area (Å²) >= 11 is 6.39. The van der Waals surface area contributed by atoms with Crippen LogP contribution in [0.1, 0.15) is 19.4 Å². The van der Waals surface area contributed by atoms with Gasteiger partial charge in [-0.05, 0) is 43.7 Å². The summed E-state index contributed by atoms with van der Waals surface area (Å²) in [6.07, 6.45) is 1.75. The highest BCUT2D eigenvalue weighted by atomic mass is 35.5. The molecule has 4 nitrogen and oxygen atoms in total. The number of para-hydroxylation sites is 1. The average molecular weight is 344 g/mol. The maximum Gasteiger partial charge on any atom is 0.228 e. The third-order valence-electron chi connectivity index (χ3n) is 3.73. The van der Waals surface area contributed by atoms with Crippen LogP contribution >= 0.6 is 11.6 Å². The second-order valence-electron chi connectivity index (χ2n) is 5.60. The summed E-state index contributed by atoms with van der Waals surface area (Å²) in [4.78, 5) is 20.2. The van der Waals surface area contributed by atoms with E-state index in [9.17, 15) is 4.79 Å². The third-order valence-corrected chi connectivity index (χ3v) is 4.03. The number of rotatable bonds is 5. The normalized spacial score (nSPS) is 10.9. The number of hydrogen-bond donors (Lipinski definition) is 0. The summed E-state index contributed by atoms with van der Waals surface area (Å²) in [5, 5.41) is 0.513. The summed E-state index contributed by atoms with van der Waals surface area (Å²) in [6.45, 7) is 6.41. The van der Waals surface area contributed by atoms with Crippen LogP contribution in [-0.2, 0) is 4.79 Å². The second kappa shape index (κ2) is 7.97. The van der Waals surface area contributed by atoms with E-state index in [0.29, 0.717) is 10.7 Å². The van der Waals surface area contributed by atoms with Crippen molar-refractivity contribution in [2.75, 3.05) is 18.5 Å². The Balaban J connectivity index is 2.45. The average Bonchev–Trinajstić information content (AvgIpc) is 2.57. The van der Waals surface area contributed by atoms with Crippen molar-refractivity contribution in [2.24, 2.45) is 4.99 Å². The molecule has 0 aliphatic carbocycles. The maximum atomic E-state index is 12.2. The largest absolute Gasteiger partial charge is 0.366 e. The van der Waals surface area contributed by atoms with Gasteiger partial charge < -0.3 is 4.90 Å². The monoisotopic (exact) mass is 343 g/mol. The van der Waals surface area contributed by atoms with Crippen molar-refractivity contribution in [1.82, 2.24) is 4.90 Å². The molecule has 0 aromatic heterocycles. The Bertz CT molecular complexity index is 744. The van der Waals surface area contributed by atoms with Crippen LogP contribution in [0.2, 0.25) is 5.02 Å². The van der Waals surface area contributed by atoms with E-state index >= 15 is 0 Å². The number of benzene rings is 2. The van der Waals surface area contributed by atoms with E-state index in [0.717, 1.165) is 23.5 Å². The van der Waals surface area contributed by atoms with Crippen molar-refractivity contribution in [3.8, 4) is 0 Å². The first-order valence-corrected chi connectivity index (χ1v) is 8.22. The molecule has 2 aromatic rings. The Labute approximate surface area is 148 Å². The lowest BCUT2D eigenvalue weighted by Gasteiger charge is -2.24. The summed E-state index contributed by atoms with van der Waals surface area (Å²) in [7, 11) is 1.95. The van der Waals surface area contributed by atoms with Crippen LogP contribution in [0, 0.1) is 6.92 Å². The molecule has 1 amide bonds. The van der Waals surface area contributed by atoms with Crippen LogP contribution in [0.5, 0.6) is 0 Å². The molecule has 0 spiro atoms. The molecular formula is C19H22ClN3O. The molecule has 0 aliphatic heterocycles. The molecule has 0 saturated carbocycles. The molecule has 0 atom stereocenters. The zero-order valence-electron chi connectivity index (χ0n) is 14.5. The Kier molecular flexibility index (Phi) is 5.99. The predicted octanol–water partition coefficient (Wildman–Crippen LogP) is 4.94. The van der Waals surface area contributed by atoms with E-state index in [1.54, 1.807) is 24.2 Å². The van der Waals surface area contributed by atoms with Gasteiger partial charge in [-0.25, -0.2) is 4.99 Å². The summed E-state index contributed by atoms with van der Waals surface area (Å²) in [5.41, 5.74) is 3.20. The Morgan fingerprint density at radius 3 is 2.50 bits per heavy atom. The van der Waals surface area contributed by atoms with Gasteiger partial charge in [-0.2, -0.15) is 0 Å². The lowest BCUT2D eigenvalue weighted by molar-refractivity contribution is -0.115. The van der Waals surface area contributed by atoms with Gasteiger partial charge in [0.1, 0.15) is 0 Å². The van der Waals surface area contributed by atoms with Crippen LogP contribution in [0.4, 0.5) is 17.1 Å². The molecule has 24 heavy (non-hydrogen) atoms. The van der Waals surface area contributed by atoms with Gasteiger partial charge in [0.2, 0.25) is 5.91 Å². The third kappa shape index (κ3) is 4.15. The summed E-state index contributed by atoms with van der Waals surface area (Å²) < 4.78 is 0. The zero-order chi connectivity index (χ0) is 17.7. The highest BCUT2D eigenvalue weighted by molar-refractivity contribution is 6.33. The quantitative estimate of drug-likeness (QED) is 0.569. The predicted molar refractivity (Wildman–Crippen MR) is 102 cm³/mol. The number of carbonyl (C=O) groups is 1. The van der Waals surface area contributed by atoms with Gasteiger partial charge in [0, 0.05) is 26.2 Å². The van der Waals surface area contributed by atoms with Gasteiger partial charge in [-0.3, -0.25) is 9.69 Å². The molecule has 0 aliphatic rings. The van der Waals surface area contributed by atoms with E-state index < -0.39 is 0 Å². The molecule has 5 heteroatoms. The second-order valence-corrected chi connectivity index (χ2v) is 6.01. The van der Waals surface area contributed by atoms with Crippen LogP contribution in [-0.4, -0.2) is 30.7 Å². The van der Waals surface area contributed by atoms with Crippen molar-refractivity contribution in [3.63, 3.8) is 0 Å². The molecule has 0 bridgehead atoms. The number of aryl methyl sites for hydroxylation is 1. The summed E-state index contributed by atoms with van der Waals surface area (Å²) in [5.74, 6) is -0.0673. The van der Waals surface area contributed by atoms with Gasteiger partial charge in [0.05, 0.1) is 22.7 Å². The zero-order valence-corrected chi connectivity index (χ0v) is 15.2. The van der Waals surface area contributed by atoms with Gasteiger partial charge in [0.15, 0.2) is 0 Å². The first-order chi connectivity index (χ1) is 11.4. The van der Waals surface area contributed by atoms with E-state index in [1.807, 2.05) is 62.2 Å². The fourth-order valence-electron chi connectivity index (χ4n) is 2.31. The molecule has 2 rings (SSSR count). The van der Waals surface area contributed by atoms with Crippen LogP contribution < -0.4 is 4.90 Å². The molecule has 0 N–H and O–H groups in total. The minimum absolute atomic E-state index is 0.0673. The minimum Gasteiger partial charge on any atom is -0.366 e. The van der Waals surface area contributed by atoms with Gasteiger partial charge in [0.25, 0.3) is 0 Å². The highest BCUT2D eigenvalue weighted by Crippen LogP contribution is 2.36. The lowest BCUT2D eigenvalue weighted by Crippen LogP contribution is -2.23. The van der Waals surface area contributed by atoms with E-state index in [4.69, 9.17) is 11.6 Å². The lowest BCUT2D eigenvalue weighted by atomic mass is 10.1. The van der Waals surface area contributed by atoms with Gasteiger partial charge in [-0.1, -0.05) is 29.8 Å². The number of aliphatic imine (C=N–C) groups is 1. The number of nitrogens with zero attached hydrogens (tertiary/aromatic N) is 3. The van der Waals surface area contributed by atoms with Gasteiger partial charge in [-0.15, -0.1) is 0 Å². The minimum atomic E-state index is -0.0673. The van der Waals surface area contributed by atoms with Crippen molar-refractivity contribution >= 4 is 40.9 Å². The van der Waals surface area contributed by atoms with Crippen LogP contribution in [0.25, 0.3) is 0 Å². The van der Waals surface area contributed by atoms with Crippen molar-refractivity contribution in [1.29, 1.82) is 0 Å². The Morgan fingerprint density at radius 1 is 1.25 bits per heavy atom. The molecule has 0 heterocycles. The fourth-order valence-corrected chi connectivity index (χ4v) is 2.51. The SMILES string of the molecule is CCN(C)/C=N/c1cc(C)c(N(C(C)=O)c2ccccc2)cc1Cl. The number of halogens is 1. The topological polar surface area (TPSA) is 35.9 Å². The number of anilines is 2. The molecule has 0 radical (unpaired) electrons. The molecule has 0 fully saturated rings. The number of amides is 1. The van der Waals surface area contributed by atoms with Crippen molar-refractivity contribution < 1.29 is 4.79 Å². The molecule has 0 unspecified atom stereocenters. The van der Waals surface area contributed by atoms with E-state index in [2.05, 4.69) is 4.99 Å². The highest BCUT2D eigenvalue weighted by Gasteiger charge is 2.17. The smallest absolute Gasteiger partial charge is 0.228 e. The Hall–Kier alpha value is -2.33. The van der Waals surface area contributed by atoms with Crippen LogP contribution in [0.3, 0.4) is 0 Å². The number of hydrogen-bond acceptors (Lipinski definition) is 2. The van der Waals surface area contributed by atoms with Crippen molar-refractivity contribution in [2.45, 2.75) is 20.8 Å². The Morgan fingerprint density at radius 2 is 1.92 bits per heavy atom. The standard InChI is InChI=1S/C19H22ClN3O/c1-5-22(4)13-21-18-11-14(2)19(12-17(18)20)23(15(3)24)16-9-7-6-8-10-16/h6-13H,5H2,1-4H3/b21-13+. The number of carbonyl (C=O) groups excluding carboxylic acids is 1. The van der Waals surface area contributed by atoms with Gasteiger partial charge >= 0.3 is 0 Å². The van der Waals surface area contributed by atoms with E-state index in [-0.39, 0.29) is 5.91 Å². The molecule has 0 saturated heterocycles. The first-order valence-electron chi connectivity index (χ1n) is 7.84. The van der Waals surface area contributed by atoms with E-state index in [1.165, 1.54) is 0 Å². The fraction of sp³-hybridized carbons (Fsp3) is 0.263. The molecule has 126 valence electrons.